The Morgan fingerprint density at radius 3 is 2.73 bits per heavy atom. The predicted octanol–water partition coefficient (Wildman–Crippen LogP) is 4.18. The second kappa shape index (κ2) is 8.66. The SMILES string of the molecule is COCCCn1c(S[C@@H](C)c2nnc(C)o2)nnc1-c1ccccc1Cl. The van der Waals surface area contributed by atoms with Crippen LogP contribution in [0, 0.1) is 6.92 Å². The van der Waals surface area contributed by atoms with E-state index in [1.165, 1.54) is 11.8 Å². The van der Waals surface area contributed by atoms with Crippen molar-refractivity contribution in [2.75, 3.05) is 13.7 Å². The fraction of sp³-hybridized carbons (Fsp3) is 0.412. The third-order valence-corrected chi connectivity index (χ3v) is 5.13. The second-order valence-corrected chi connectivity index (χ2v) is 7.42. The minimum Gasteiger partial charge on any atom is -0.424 e. The van der Waals surface area contributed by atoms with Crippen LogP contribution in [0.3, 0.4) is 0 Å². The molecule has 0 saturated heterocycles. The summed E-state index contributed by atoms with van der Waals surface area (Å²) >= 11 is 7.89. The lowest BCUT2D eigenvalue weighted by Gasteiger charge is -2.12. The van der Waals surface area contributed by atoms with E-state index in [-0.39, 0.29) is 5.25 Å². The first-order chi connectivity index (χ1) is 12.6. The topological polar surface area (TPSA) is 78.9 Å². The van der Waals surface area contributed by atoms with Crippen molar-refractivity contribution in [3.63, 3.8) is 0 Å². The first kappa shape index (κ1) is 18.9. The van der Waals surface area contributed by atoms with Crippen LogP contribution in [0.25, 0.3) is 11.4 Å². The fourth-order valence-corrected chi connectivity index (χ4v) is 3.60. The van der Waals surface area contributed by atoms with Crippen LogP contribution in [-0.2, 0) is 11.3 Å². The Hall–Kier alpha value is -1.90. The van der Waals surface area contributed by atoms with Crippen molar-refractivity contribution in [1.29, 1.82) is 0 Å². The van der Waals surface area contributed by atoms with E-state index < -0.39 is 0 Å². The maximum absolute atomic E-state index is 6.36. The van der Waals surface area contributed by atoms with E-state index in [9.17, 15) is 0 Å². The molecule has 0 spiro atoms. The van der Waals surface area contributed by atoms with Crippen LogP contribution in [0.4, 0.5) is 0 Å². The predicted molar refractivity (Wildman–Crippen MR) is 100 cm³/mol. The van der Waals surface area contributed by atoms with Crippen molar-refractivity contribution in [1.82, 2.24) is 25.0 Å². The number of benzene rings is 1. The molecule has 9 heteroatoms. The number of ether oxygens (including phenoxy) is 1. The van der Waals surface area contributed by atoms with E-state index in [1.54, 1.807) is 14.0 Å². The van der Waals surface area contributed by atoms with Gasteiger partial charge in [0.25, 0.3) is 0 Å². The Bertz CT molecular complexity index is 866. The molecule has 0 aliphatic carbocycles. The standard InChI is InChI=1S/C17H20ClN5O2S/c1-11(16-21-19-12(2)25-16)26-17-22-20-15(23(17)9-6-10-24-3)13-7-4-5-8-14(13)18/h4-5,7-8,11H,6,9-10H2,1-3H3/t11-/m0/s1. The van der Waals surface area contributed by atoms with Crippen molar-refractivity contribution in [2.24, 2.45) is 0 Å². The highest BCUT2D eigenvalue weighted by molar-refractivity contribution is 7.99. The van der Waals surface area contributed by atoms with Crippen LogP contribution in [0.5, 0.6) is 0 Å². The van der Waals surface area contributed by atoms with Gasteiger partial charge in [-0.25, -0.2) is 0 Å². The van der Waals surface area contributed by atoms with Gasteiger partial charge in [-0.15, -0.1) is 20.4 Å². The van der Waals surface area contributed by atoms with Gasteiger partial charge in [0.15, 0.2) is 11.0 Å². The van der Waals surface area contributed by atoms with Crippen LogP contribution < -0.4 is 0 Å². The molecule has 0 bridgehead atoms. The molecule has 0 saturated carbocycles. The molecule has 138 valence electrons. The summed E-state index contributed by atoms with van der Waals surface area (Å²) in [4.78, 5) is 0. The number of methoxy groups -OCH3 is 1. The Balaban J connectivity index is 1.90. The largest absolute Gasteiger partial charge is 0.424 e. The average Bonchev–Trinajstić information content (AvgIpc) is 3.23. The van der Waals surface area contributed by atoms with Gasteiger partial charge >= 0.3 is 0 Å². The summed E-state index contributed by atoms with van der Waals surface area (Å²) in [7, 11) is 1.69. The number of nitrogens with zero attached hydrogens (tertiary/aromatic N) is 5. The zero-order chi connectivity index (χ0) is 18.5. The molecule has 0 radical (unpaired) electrons. The zero-order valence-electron chi connectivity index (χ0n) is 14.8. The zero-order valence-corrected chi connectivity index (χ0v) is 16.4. The Morgan fingerprint density at radius 2 is 2.04 bits per heavy atom. The molecule has 0 N–H and O–H groups in total. The number of halogens is 1. The highest BCUT2D eigenvalue weighted by atomic mass is 35.5. The molecule has 1 atom stereocenters. The molecule has 3 aromatic rings. The van der Waals surface area contributed by atoms with Crippen molar-refractivity contribution < 1.29 is 9.15 Å². The first-order valence-electron chi connectivity index (χ1n) is 8.24. The van der Waals surface area contributed by atoms with E-state index in [4.69, 9.17) is 20.8 Å². The molecule has 0 aliphatic heterocycles. The summed E-state index contributed by atoms with van der Waals surface area (Å²) < 4.78 is 12.8. The molecule has 0 unspecified atom stereocenters. The van der Waals surface area contributed by atoms with Gasteiger partial charge in [0, 0.05) is 32.7 Å². The number of rotatable bonds is 8. The van der Waals surface area contributed by atoms with Crippen LogP contribution in [0.1, 0.15) is 30.4 Å². The van der Waals surface area contributed by atoms with Gasteiger partial charge in [0.05, 0.1) is 10.3 Å². The number of hydrogen-bond acceptors (Lipinski definition) is 7. The molecule has 2 aromatic heterocycles. The molecular formula is C17H20ClN5O2S. The molecule has 0 aliphatic rings. The Kier molecular flexibility index (Phi) is 6.29. The third kappa shape index (κ3) is 4.25. The quantitative estimate of drug-likeness (QED) is 0.419. The maximum atomic E-state index is 6.36. The molecule has 0 amide bonds. The van der Waals surface area contributed by atoms with Crippen molar-refractivity contribution in [2.45, 2.75) is 37.2 Å². The van der Waals surface area contributed by atoms with E-state index in [2.05, 4.69) is 25.0 Å². The molecule has 26 heavy (non-hydrogen) atoms. The minimum atomic E-state index is -0.0410. The van der Waals surface area contributed by atoms with Crippen molar-refractivity contribution in [3.05, 3.63) is 41.1 Å². The normalized spacial score (nSPS) is 12.5. The van der Waals surface area contributed by atoms with Crippen molar-refractivity contribution in [3.8, 4) is 11.4 Å². The summed E-state index contributed by atoms with van der Waals surface area (Å²) in [6.07, 6.45) is 0.841. The summed E-state index contributed by atoms with van der Waals surface area (Å²) in [5.41, 5.74) is 0.854. The summed E-state index contributed by atoms with van der Waals surface area (Å²) in [6, 6.07) is 7.62. The summed E-state index contributed by atoms with van der Waals surface area (Å²) in [5.74, 6) is 1.85. The van der Waals surface area contributed by atoms with Crippen molar-refractivity contribution >= 4 is 23.4 Å². The van der Waals surface area contributed by atoms with Gasteiger partial charge < -0.3 is 13.7 Å². The Morgan fingerprint density at radius 1 is 1.23 bits per heavy atom. The van der Waals surface area contributed by atoms with Crippen LogP contribution in [-0.4, -0.2) is 38.7 Å². The van der Waals surface area contributed by atoms with Gasteiger partial charge in [-0.3, -0.25) is 0 Å². The van der Waals surface area contributed by atoms with Crippen LogP contribution >= 0.6 is 23.4 Å². The minimum absolute atomic E-state index is 0.0410. The number of hydrogen-bond donors (Lipinski definition) is 0. The monoisotopic (exact) mass is 393 g/mol. The van der Waals surface area contributed by atoms with Gasteiger partial charge in [0.2, 0.25) is 11.8 Å². The van der Waals surface area contributed by atoms with Gasteiger partial charge in [-0.05, 0) is 25.5 Å². The lowest BCUT2D eigenvalue weighted by molar-refractivity contribution is 0.189. The molecular weight excluding hydrogens is 374 g/mol. The highest BCUT2D eigenvalue weighted by Gasteiger charge is 2.21. The summed E-state index contributed by atoms with van der Waals surface area (Å²) in [6.45, 7) is 5.15. The number of aromatic nitrogens is 5. The van der Waals surface area contributed by atoms with E-state index in [0.717, 1.165) is 29.5 Å². The maximum Gasteiger partial charge on any atom is 0.229 e. The lowest BCUT2D eigenvalue weighted by atomic mass is 10.2. The van der Waals surface area contributed by atoms with Crippen LogP contribution in [0.2, 0.25) is 5.02 Å². The Labute approximate surface area is 161 Å². The van der Waals surface area contributed by atoms with Gasteiger partial charge in [-0.2, -0.15) is 0 Å². The number of thioether (sulfide) groups is 1. The molecule has 1 aromatic carbocycles. The number of aryl methyl sites for hydroxylation is 1. The van der Waals surface area contributed by atoms with E-state index in [1.807, 2.05) is 31.2 Å². The van der Waals surface area contributed by atoms with Gasteiger partial charge in [-0.1, -0.05) is 35.5 Å². The molecule has 2 heterocycles. The third-order valence-electron chi connectivity index (χ3n) is 3.73. The highest BCUT2D eigenvalue weighted by Crippen LogP contribution is 2.36. The average molecular weight is 394 g/mol. The second-order valence-electron chi connectivity index (χ2n) is 5.70. The van der Waals surface area contributed by atoms with Gasteiger partial charge in [0.1, 0.15) is 0 Å². The first-order valence-corrected chi connectivity index (χ1v) is 9.49. The summed E-state index contributed by atoms with van der Waals surface area (Å²) in [5, 5.41) is 18.1. The smallest absolute Gasteiger partial charge is 0.229 e. The molecule has 0 fully saturated rings. The molecule has 7 nitrogen and oxygen atoms in total. The fourth-order valence-electron chi connectivity index (χ4n) is 2.47. The van der Waals surface area contributed by atoms with E-state index in [0.29, 0.717) is 23.4 Å². The van der Waals surface area contributed by atoms with Crippen LogP contribution in [0.15, 0.2) is 33.8 Å². The van der Waals surface area contributed by atoms with E-state index >= 15 is 0 Å². The lowest BCUT2D eigenvalue weighted by Crippen LogP contribution is -2.06. The molecule has 3 rings (SSSR count).